The summed E-state index contributed by atoms with van der Waals surface area (Å²) in [7, 11) is 0. The first-order valence-electron chi connectivity index (χ1n) is 13.1. The van der Waals surface area contributed by atoms with Gasteiger partial charge >= 0.3 is 18.2 Å². The molecular formula is C27H49NO9. The summed E-state index contributed by atoms with van der Waals surface area (Å²) in [5.41, 5.74) is -2.33. The van der Waals surface area contributed by atoms with Gasteiger partial charge in [-0.2, -0.15) is 4.90 Å². The van der Waals surface area contributed by atoms with E-state index in [9.17, 15) is 14.4 Å². The highest BCUT2D eigenvalue weighted by atomic mass is 16.6. The zero-order valence-electron chi connectivity index (χ0n) is 24.8. The van der Waals surface area contributed by atoms with Crippen molar-refractivity contribution in [3.63, 3.8) is 0 Å². The predicted octanol–water partition coefficient (Wildman–Crippen LogP) is 5.10. The number of hydrogen-bond acceptors (Lipinski definition) is 9. The fourth-order valence-electron chi connectivity index (χ4n) is 3.36. The van der Waals surface area contributed by atoms with Crippen molar-refractivity contribution >= 4 is 18.2 Å². The van der Waals surface area contributed by atoms with Crippen molar-refractivity contribution in [3.05, 3.63) is 0 Å². The van der Waals surface area contributed by atoms with Gasteiger partial charge < -0.3 is 28.4 Å². The molecule has 1 fully saturated rings. The number of carbonyl (C=O) groups is 3. The molecule has 0 aromatic rings. The molecule has 1 aliphatic heterocycles. The Morgan fingerprint density at radius 2 is 1.49 bits per heavy atom. The molecule has 216 valence electrons. The summed E-state index contributed by atoms with van der Waals surface area (Å²) in [5.74, 6) is -0.600. The highest BCUT2D eigenvalue weighted by molar-refractivity contribution is 5.94. The molecule has 0 aromatic heterocycles. The van der Waals surface area contributed by atoms with Crippen LogP contribution in [0.2, 0.25) is 0 Å². The van der Waals surface area contributed by atoms with Crippen molar-refractivity contribution < 1.29 is 42.8 Å². The van der Waals surface area contributed by atoms with Crippen molar-refractivity contribution in [2.75, 3.05) is 19.8 Å². The van der Waals surface area contributed by atoms with Gasteiger partial charge in [-0.1, -0.05) is 20.8 Å². The van der Waals surface area contributed by atoms with E-state index in [1.54, 1.807) is 48.5 Å². The van der Waals surface area contributed by atoms with Gasteiger partial charge in [0.2, 0.25) is 0 Å². The first-order valence-corrected chi connectivity index (χ1v) is 13.1. The van der Waals surface area contributed by atoms with Crippen LogP contribution >= 0.6 is 0 Å². The number of rotatable bonds is 7. The zero-order chi connectivity index (χ0) is 28.8. The molecule has 1 rings (SSSR count). The van der Waals surface area contributed by atoms with Crippen LogP contribution in [-0.2, 0) is 33.2 Å². The monoisotopic (exact) mass is 531 g/mol. The normalized spacial score (nSPS) is 24.0. The van der Waals surface area contributed by atoms with Gasteiger partial charge in [-0.3, -0.25) is 0 Å². The second-order valence-corrected chi connectivity index (χ2v) is 12.5. The number of hydrogen-bond donors (Lipinski definition) is 0. The Labute approximate surface area is 222 Å². The lowest BCUT2D eigenvalue weighted by Crippen LogP contribution is -2.54. The van der Waals surface area contributed by atoms with Crippen LogP contribution in [0.1, 0.15) is 89.5 Å². The van der Waals surface area contributed by atoms with Crippen molar-refractivity contribution in [3.8, 4) is 0 Å². The Kier molecular flexibility index (Phi) is 11.9. The molecule has 0 N–H and O–H groups in total. The van der Waals surface area contributed by atoms with E-state index in [0.717, 1.165) is 6.42 Å². The van der Waals surface area contributed by atoms with Crippen LogP contribution in [-0.4, -0.2) is 84.0 Å². The van der Waals surface area contributed by atoms with Gasteiger partial charge in [-0.15, -0.1) is 0 Å². The minimum absolute atomic E-state index is 0.0557. The summed E-state index contributed by atoms with van der Waals surface area (Å²) >= 11 is 0. The predicted molar refractivity (Wildman–Crippen MR) is 138 cm³/mol. The van der Waals surface area contributed by atoms with Gasteiger partial charge in [-0.25, -0.2) is 14.4 Å². The largest absolute Gasteiger partial charge is 0.458 e. The van der Waals surface area contributed by atoms with E-state index in [1.807, 2.05) is 34.6 Å². The Balaban J connectivity index is 3.38. The Hall–Kier alpha value is -1.91. The third-order valence-electron chi connectivity index (χ3n) is 5.40. The summed E-state index contributed by atoms with van der Waals surface area (Å²) in [6, 6.07) is -1.43. The first-order chi connectivity index (χ1) is 16.8. The lowest BCUT2D eigenvalue weighted by molar-refractivity contribution is -0.188. The van der Waals surface area contributed by atoms with Gasteiger partial charge in [0.25, 0.3) is 0 Å². The molecule has 1 aliphatic rings. The summed E-state index contributed by atoms with van der Waals surface area (Å²) in [6.45, 7) is 21.8. The maximum absolute atomic E-state index is 13.4. The van der Waals surface area contributed by atoms with Crippen LogP contribution in [0.4, 0.5) is 9.59 Å². The average molecular weight is 532 g/mol. The molecule has 37 heavy (non-hydrogen) atoms. The van der Waals surface area contributed by atoms with Crippen LogP contribution in [0, 0.1) is 5.92 Å². The lowest BCUT2D eigenvalue weighted by atomic mass is 10.0. The minimum atomic E-state index is -1.43. The fourth-order valence-corrected chi connectivity index (χ4v) is 3.36. The number of amides is 2. The molecule has 10 heteroatoms. The van der Waals surface area contributed by atoms with Crippen molar-refractivity contribution in [1.29, 1.82) is 0 Å². The standard InChI is InChI=1S/C27H49NO9/c1-13-27(11,12)35-20-16-32-15-19(22(29)34-18(4)21(20)33-14-17(2)3)28(23(30)36-25(5,6)7)24(31)37-26(8,9)10/h17-21H,13-16H2,1-12H3/t18-,19-,20-,21-/m0/s1. The zero-order valence-corrected chi connectivity index (χ0v) is 24.8. The SMILES string of the molecule is CCC(C)(C)O[C@H]1COC[C@H](N(C(=O)OC(C)(C)C)C(=O)OC(C)(C)C)C(=O)O[C@@H](C)[C@@H]1OCC(C)C. The van der Waals surface area contributed by atoms with E-state index in [-0.39, 0.29) is 19.1 Å². The average Bonchev–Trinajstić information content (AvgIpc) is 2.73. The minimum Gasteiger partial charge on any atom is -0.458 e. The topological polar surface area (TPSA) is 110 Å². The van der Waals surface area contributed by atoms with Gasteiger partial charge in [0.05, 0.1) is 18.8 Å². The molecule has 10 nitrogen and oxygen atoms in total. The highest BCUT2D eigenvalue weighted by Gasteiger charge is 2.45. The molecule has 1 heterocycles. The molecular weight excluding hydrogens is 482 g/mol. The summed E-state index contributed by atoms with van der Waals surface area (Å²) in [4.78, 5) is 40.3. The Morgan fingerprint density at radius 1 is 0.973 bits per heavy atom. The maximum atomic E-state index is 13.4. The molecule has 0 unspecified atom stereocenters. The van der Waals surface area contributed by atoms with Gasteiger partial charge in [0.15, 0.2) is 6.04 Å². The second-order valence-electron chi connectivity index (χ2n) is 12.5. The van der Waals surface area contributed by atoms with E-state index in [1.165, 1.54) is 0 Å². The second kappa shape index (κ2) is 13.2. The molecule has 0 aromatic carbocycles. The smallest absolute Gasteiger partial charge is 0.420 e. The molecule has 0 spiro atoms. The molecule has 0 saturated carbocycles. The molecule has 0 bridgehead atoms. The van der Waals surface area contributed by atoms with Gasteiger partial charge in [-0.05, 0) is 74.7 Å². The third-order valence-corrected chi connectivity index (χ3v) is 5.40. The van der Waals surface area contributed by atoms with Gasteiger partial charge in [0.1, 0.15) is 29.5 Å². The summed E-state index contributed by atoms with van der Waals surface area (Å²) in [5, 5.41) is 0. The third kappa shape index (κ3) is 11.6. The van der Waals surface area contributed by atoms with E-state index in [2.05, 4.69) is 0 Å². The number of nitrogens with zero attached hydrogens (tertiary/aromatic N) is 1. The summed E-state index contributed by atoms with van der Waals surface area (Å²) in [6.07, 6.45) is -3.28. The van der Waals surface area contributed by atoms with Crippen LogP contribution in [0.15, 0.2) is 0 Å². The number of imide groups is 1. The molecule has 2 amide bonds. The maximum Gasteiger partial charge on any atom is 0.420 e. The van der Waals surface area contributed by atoms with Crippen LogP contribution < -0.4 is 0 Å². The number of ether oxygens (including phenoxy) is 6. The molecule has 1 saturated heterocycles. The van der Waals surface area contributed by atoms with Crippen molar-refractivity contribution in [2.45, 2.75) is 131 Å². The van der Waals surface area contributed by atoms with Crippen molar-refractivity contribution in [1.82, 2.24) is 4.90 Å². The van der Waals surface area contributed by atoms with Crippen LogP contribution in [0.3, 0.4) is 0 Å². The quantitative estimate of drug-likeness (QED) is 0.327. The van der Waals surface area contributed by atoms with E-state index in [0.29, 0.717) is 11.5 Å². The lowest BCUT2D eigenvalue weighted by Gasteiger charge is -2.36. The van der Waals surface area contributed by atoms with Crippen molar-refractivity contribution in [2.24, 2.45) is 5.92 Å². The number of cyclic esters (lactones) is 1. The van der Waals surface area contributed by atoms with Crippen LogP contribution in [0.25, 0.3) is 0 Å². The molecule has 4 atom stereocenters. The summed E-state index contributed by atoms with van der Waals surface area (Å²) < 4.78 is 35.0. The first kappa shape index (κ1) is 33.1. The van der Waals surface area contributed by atoms with E-state index >= 15 is 0 Å². The van der Waals surface area contributed by atoms with Gasteiger partial charge in [0, 0.05) is 6.61 Å². The van der Waals surface area contributed by atoms with Crippen LogP contribution in [0.5, 0.6) is 0 Å². The highest BCUT2D eigenvalue weighted by Crippen LogP contribution is 2.25. The fraction of sp³-hybridized carbons (Fsp3) is 0.889. The molecule has 0 aliphatic carbocycles. The Morgan fingerprint density at radius 3 is 1.92 bits per heavy atom. The number of esters is 1. The number of carbonyl (C=O) groups excluding carboxylic acids is 3. The molecule has 0 radical (unpaired) electrons. The Bertz CT molecular complexity index is 739. The van der Waals surface area contributed by atoms with E-state index < -0.39 is 59.3 Å². The van der Waals surface area contributed by atoms with E-state index in [4.69, 9.17) is 28.4 Å².